The number of rotatable bonds is 6. The maximum atomic E-state index is 14.0. The normalized spacial score (nSPS) is 12.4. The maximum Gasteiger partial charge on any atom is 0.417 e. The van der Waals surface area contributed by atoms with Crippen LogP contribution in [-0.2, 0) is 11.0 Å². The fourth-order valence-electron chi connectivity index (χ4n) is 4.02. The van der Waals surface area contributed by atoms with Crippen LogP contribution in [0.1, 0.15) is 35.6 Å². The van der Waals surface area contributed by atoms with E-state index in [1.807, 2.05) is 0 Å². The summed E-state index contributed by atoms with van der Waals surface area (Å²) in [5.74, 6) is -1.54. The van der Waals surface area contributed by atoms with E-state index in [0.29, 0.717) is 28.3 Å². The van der Waals surface area contributed by atoms with Gasteiger partial charge in [-0.15, -0.1) is 0 Å². The molecule has 3 aromatic carbocycles. The third-order valence-electron chi connectivity index (χ3n) is 5.53. The first-order valence-corrected chi connectivity index (χ1v) is 10.7. The van der Waals surface area contributed by atoms with Crippen molar-refractivity contribution in [2.45, 2.75) is 19.5 Å². The number of nitrogens with one attached hydrogen (secondary N) is 1. The smallest absolute Gasteiger partial charge is 0.417 e. The summed E-state index contributed by atoms with van der Waals surface area (Å²) in [4.78, 5) is 12.0. The summed E-state index contributed by atoms with van der Waals surface area (Å²) < 4.78 is 61.2. The molecule has 0 atom stereocenters. The van der Waals surface area contributed by atoms with Crippen LogP contribution in [0.5, 0.6) is 5.75 Å². The predicted molar refractivity (Wildman–Crippen MR) is 126 cm³/mol. The molecule has 0 saturated carbocycles. The molecule has 0 amide bonds. The Morgan fingerprint density at radius 2 is 1.86 bits per heavy atom. The number of nitrogens with zero attached hydrogens (tertiary/aromatic N) is 1. The second kappa shape index (κ2) is 9.58. The minimum Gasteiger partial charge on any atom is -0.423 e. The first kappa shape index (κ1) is 23.9. The molecule has 4 rings (SSSR count). The van der Waals surface area contributed by atoms with Gasteiger partial charge in [0.05, 0.1) is 17.3 Å². The molecule has 1 heterocycles. The number of ether oxygens (including phenoxy) is 1. The number of alkyl halides is 3. The molecular formula is C27H20F4N2O2. The van der Waals surface area contributed by atoms with Crippen molar-refractivity contribution in [2.24, 2.45) is 0 Å². The van der Waals surface area contributed by atoms with Crippen molar-refractivity contribution >= 4 is 28.0 Å². The Labute approximate surface area is 198 Å². The van der Waals surface area contributed by atoms with Crippen molar-refractivity contribution in [3.8, 4) is 5.75 Å². The molecule has 4 aromatic rings. The van der Waals surface area contributed by atoms with Crippen LogP contribution in [0.25, 0.3) is 22.0 Å². The van der Waals surface area contributed by atoms with Crippen LogP contribution in [0.2, 0.25) is 0 Å². The van der Waals surface area contributed by atoms with Crippen LogP contribution in [0.15, 0.2) is 79.5 Å². The van der Waals surface area contributed by atoms with Crippen molar-refractivity contribution < 1.29 is 27.1 Å². The molecule has 0 aliphatic heterocycles. The summed E-state index contributed by atoms with van der Waals surface area (Å²) >= 11 is 0. The molecule has 8 heteroatoms. The van der Waals surface area contributed by atoms with Gasteiger partial charge in [0.25, 0.3) is 0 Å². The van der Waals surface area contributed by atoms with Gasteiger partial charge in [0.2, 0.25) is 0 Å². The van der Waals surface area contributed by atoms with Gasteiger partial charge in [-0.25, -0.2) is 9.18 Å². The zero-order chi connectivity index (χ0) is 25.2. The van der Waals surface area contributed by atoms with E-state index in [4.69, 9.17) is 4.74 Å². The van der Waals surface area contributed by atoms with Crippen LogP contribution in [0.4, 0.5) is 17.6 Å². The number of carbonyl (C=O) groups is 1. The van der Waals surface area contributed by atoms with Gasteiger partial charge in [-0.2, -0.15) is 18.3 Å². The summed E-state index contributed by atoms with van der Waals surface area (Å²) in [6, 6.07) is 14.5. The van der Waals surface area contributed by atoms with E-state index in [1.54, 1.807) is 55.6 Å². The number of esters is 1. The third kappa shape index (κ3) is 4.87. The average molecular weight is 480 g/mol. The highest BCUT2D eigenvalue weighted by atomic mass is 19.4. The van der Waals surface area contributed by atoms with Crippen LogP contribution in [0.3, 0.4) is 0 Å². The molecule has 4 nitrogen and oxygen atoms in total. The number of hydrogen-bond acceptors (Lipinski definition) is 3. The van der Waals surface area contributed by atoms with Crippen molar-refractivity contribution in [3.63, 3.8) is 0 Å². The quantitative estimate of drug-likeness (QED) is 0.105. The van der Waals surface area contributed by atoms with Gasteiger partial charge in [-0.1, -0.05) is 43.8 Å². The van der Waals surface area contributed by atoms with Crippen LogP contribution in [-0.4, -0.2) is 16.2 Å². The molecule has 0 aliphatic rings. The number of fused-ring (bicyclic) bond motifs is 1. The Morgan fingerprint density at radius 3 is 2.57 bits per heavy atom. The SMILES string of the molecule is C=CC(=O)Oc1ccccc1/C(=C(\CC)c1ccc(F)cc1C(F)(F)F)c1ccc2[nH]ncc2c1. The summed E-state index contributed by atoms with van der Waals surface area (Å²) in [5.41, 5.74) is 1.21. The van der Waals surface area contributed by atoms with Gasteiger partial charge in [-0.05, 0) is 59.0 Å². The van der Waals surface area contributed by atoms with Crippen molar-refractivity contribution in [1.82, 2.24) is 10.2 Å². The standard InChI is InChI=1S/C27H20F4N2O2/c1-3-19(20-11-10-18(28)14-22(20)27(29,30)31)26(16-9-12-23-17(13-16)15-32-33-23)21-7-5-6-8-24(21)35-25(34)4-2/h4-15H,2-3H2,1H3,(H,32,33)/b26-19+. The number of H-pyrrole nitrogens is 1. The lowest BCUT2D eigenvalue weighted by molar-refractivity contribution is -0.138. The number of allylic oxidation sites excluding steroid dienone is 1. The first-order valence-electron chi connectivity index (χ1n) is 10.7. The summed E-state index contributed by atoms with van der Waals surface area (Å²) in [6.07, 6.45) is -2.01. The van der Waals surface area contributed by atoms with Gasteiger partial charge in [0, 0.05) is 17.0 Å². The largest absolute Gasteiger partial charge is 0.423 e. The Morgan fingerprint density at radius 1 is 1.09 bits per heavy atom. The molecule has 0 saturated heterocycles. The molecule has 0 fully saturated rings. The van der Waals surface area contributed by atoms with Gasteiger partial charge < -0.3 is 4.74 Å². The van der Waals surface area contributed by atoms with Crippen molar-refractivity contribution in [3.05, 3.63) is 108 Å². The Kier molecular flexibility index (Phi) is 6.55. The molecule has 35 heavy (non-hydrogen) atoms. The zero-order valence-electron chi connectivity index (χ0n) is 18.6. The van der Waals surface area contributed by atoms with Crippen LogP contribution < -0.4 is 4.74 Å². The molecule has 0 bridgehead atoms. The average Bonchev–Trinajstić information content (AvgIpc) is 3.30. The highest BCUT2D eigenvalue weighted by Crippen LogP contribution is 2.43. The molecule has 0 radical (unpaired) electrons. The molecule has 1 aromatic heterocycles. The topological polar surface area (TPSA) is 55.0 Å². The van der Waals surface area contributed by atoms with Gasteiger partial charge >= 0.3 is 12.1 Å². The summed E-state index contributed by atoms with van der Waals surface area (Å²) in [6.45, 7) is 5.12. The molecule has 0 aliphatic carbocycles. The number of carbonyl (C=O) groups excluding carboxylic acids is 1. The minimum absolute atomic E-state index is 0.154. The van der Waals surface area contributed by atoms with E-state index in [1.165, 1.54) is 0 Å². The second-order valence-electron chi connectivity index (χ2n) is 7.69. The summed E-state index contributed by atoms with van der Waals surface area (Å²) in [5, 5.41) is 7.60. The Bertz CT molecular complexity index is 1450. The van der Waals surface area contributed by atoms with E-state index >= 15 is 0 Å². The number of aromatic nitrogens is 2. The molecule has 0 spiro atoms. The lowest BCUT2D eigenvalue weighted by Crippen LogP contribution is -2.11. The number of para-hydroxylation sites is 1. The van der Waals surface area contributed by atoms with Crippen LogP contribution in [0, 0.1) is 5.82 Å². The second-order valence-corrected chi connectivity index (χ2v) is 7.69. The Hall–Kier alpha value is -4.20. The lowest BCUT2D eigenvalue weighted by atomic mass is 9.85. The van der Waals surface area contributed by atoms with E-state index in [0.717, 1.165) is 29.1 Å². The molecular weight excluding hydrogens is 460 g/mol. The predicted octanol–water partition coefficient (Wildman–Crippen LogP) is 7.18. The highest BCUT2D eigenvalue weighted by molar-refractivity contribution is 6.02. The fraction of sp³-hybridized carbons (Fsp3) is 0.111. The van der Waals surface area contributed by atoms with Crippen molar-refractivity contribution in [1.29, 1.82) is 0 Å². The van der Waals surface area contributed by atoms with E-state index < -0.39 is 23.5 Å². The fourth-order valence-corrected chi connectivity index (χ4v) is 4.02. The van der Waals surface area contributed by atoms with E-state index in [9.17, 15) is 22.4 Å². The number of benzene rings is 3. The Balaban J connectivity index is 2.09. The van der Waals surface area contributed by atoms with E-state index in [2.05, 4.69) is 16.8 Å². The first-order chi connectivity index (χ1) is 16.7. The molecule has 0 unspecified atom stereocenters. The van der Waals surface area contributed by atoms with E-state index in [-0.39, 0.29) is 17.7 Å². The van der Waals surface area contributed by atoms with Gasteiger partial charge in [0.1, 0.15) is 11.6 Å². The lowest BCUT2D eigenvalue weighted by Gasteiger charge is -2.21. The maximum absolute atomic E-state index is 14.0. The molecule has 178 valence electrons. The minimum atomic E-state index is -4.79. The summed E-state index contributed by atoms with van der Waals surface area (Å²) in [7, 11) is 0. The van der Waals surface area contributed by atoms with Crippen molar-refractivity contribution in [2.75, 3.05) is 0 Å². The number of hydrogen-bond donors (Lipinski definition) is 1. The number of halogens is 4. The number of aromatic amines is 1. The van der Waals surface area contributed by atoms with Gasteiger partial charge in [0.15, 0.2) is 0 Å². The monoisotopic (exact) mass is 480 g/mol. The highest BCUT2D eigenvalue weighted by Gasteiger charge is 2.35. The zero-order valence-corrected chi connectivity index (χ0v) is 18.6. The van der Waals surface area contributed by atoms with Gasteiger partial charge in [-0.3, -0.25) is 5.10 Å². The third-order valence-corrected chi connectivity index (χ3v) is 5.53. The molecule has 1 N–H and O–H groups in total. The van der Waals surface area contributed by atoms with Crippen LogP contribution >= 0.6 is 0 Å².